The molecule has 1 aliphatic rings. The highest BCUT2D eigenvalue weighted by Crippen LogP contribution is 2.31. The van der Waals surface area contributed by atoms with Crippen molar-refractivity contribution >= 4 is 56.3 Å². The van der Waals surface area contributed by atoms with E-state index in [9.17, 15) is 14.4 Å². The quantitative estimate of drug-likeness (QED) is 0.239. The Hall–Kier alpha value is -4.03. The van der Waals surface area contributed by atoms with Gasteiger partial charge in [-0.25, -0.2) is 9.69 Å². The summed E-state index contributed by atoms with van der Waals surface area (Å²) >= 11 is 3.62. The van der Waals surface area contributed by atoms with Gasteiger partial charge in [-0.2, -0.15) is 0 Å². The Balaban J connectivity index is 1.67. The molecule has 1 N–H and O–H groups in total. The van der Waals surface area contributed by atoms with Crippen LogP contribution in [0.25, 0.3) is 16.8 Å². The van der Waals surface area contributed by atoms with Gasteiger partial charge in [-0.05, 0) is 77.1 Å². The number of amides is 4. The maximum atomic E-state index is 13.6. The lowest BCUT2D eigenvalue weighted by Gasteiger charge is -2.28. The molecule has 1 heterocycles. The molecule has 36 heavy (non-hydrogen) atoms. The van der Waals surface area contributed by atoms with E-state index in [4.69, 9.17) is 0 Å². The van der Waals surface area contributed by atoms with E-state index in [2.05, 4.69) is 21.2 Å². The van der Waals surface area contributed by atoms with E-state index in [0.29, 0.717) is 12.1 Å². The number of aryl methyl sites for hydroxylation is 2. The molecule has 1 saturated heterocycles. The van der Waals surface area contributed by atoms with Crippen LogP contribution in [0.1, 0.15) is 27.8 Å². The summed E-state index contributed by atoms with van der Waals surface area (Å²) in [5.41, 5.74) is 4.86. The zero-order valence-electron chi connectivity index (χ0n) is 19.8. The minimum absolute atomic E-state index is 0.0831. The van der Waals surface area contributed by atoms with Gasteiger partial charge in [0.2, 0.25) is 0 Å². The number of fused-ring (bicyclic) bond motifs is 1. The summed E-state index contributed by atoms with van der Waals surface area (Å²) < 4.78 is 0.981. The van der Waals surface area contributed by atoms with Crippen molar-refractivity contribution < 1.29 is 14.4 Å². The molecule has 4 aromatic rings. The van der Waals surface area contributed by atoms with E-state index in [-0.39, 0.29) is 5.57 Å². The lowest BCUT2D eigenvalue weighted by molar-refractivity contribution is -0.122. The van der Waals surface area contributed by atoms with Crippen LogP contribution in [-0.2, 0) is 16.0 Å². The Labute approximate surface area is 217 Å². The molecule has 0 radical (unpaired) electrons. The van der Waals surface area contributed by atoms with Crippen LogP contribution < -0.4 is 10.2 Å². The van der Waals surface area contributed by atoms with E-state index in [1.807, 2.05) is 86.6 Å². The molecule has 178 valence electrons. The van der Waals surface area contributed by atoms with Crippen LogP contribution in [0.3, 0.4) is 0 Å². The van der Waals surface area contributed by atoms with Crippen LogP contribution in [0.5, 0.6) is 0 Å². The molecular weight excluding hydrogens is 516 g/mol. The third kappa shape index (κ3) is 4.36. The van der Waals surface area contributed by atoms with Gasteiger partial charge in [0.1, 0.15) is 5.57 Å². The summed E-state index contributed by atoms with van der Waals surface area (Å²) in [5, 5.41) is 4.27. The molecule has 5 rings (SSSR count). The number of imide groups is 2. The Morgan fingerprint density at radius 1 is 0.861 bits per heavy atom. The average Bonchev–Trinajstić information content (AvgIpc) is 2.86. The van der Waals surface area contributed by atoms with E-state index in [1.54, 1.807) is 12.1 Å². The van der Waals surface area contributed by atoms with Crippen LogP contribution in [0.4, 0.5) is 10.5 Å². The fourth-order valence-electron chi connectivity index (χ4n) is 4.49. The summed E-state index contributed by atoms with van der Waals surface area (Å²) in [6.45, 7) is 3.72. The van der Waals surface area contributed by atoms with Crippen LogP contribution in [0.2, 0.25) is 0 Å². The normalized spacial score (nSPS) is 15.0. The Bertz CT molecular complexity index is 1590. The molecule has 0 unspecified atom stereocenters. The summed E-state index contributed by atoms with van der Waals surface area (Å²) in [7, 11) is 0. The summed E-state index contributed by atoms with van der Waals surface area (Å²) in [6.07, 6.45) is 2.22. The number of nitrogens with one attached hydrogen (secondary N) is 1. The van der Waals surface area contributed by atoms with Crippen LogP contribution in [-0.4, -0.2) is 17.8 Å². The molecule has 5 nitrogen and oxygen atoms in total. The number of barbiturate groups is 1. The molecule has 4 aromatic carbocycles. The average molecular weight is 539 g/mol. The highest BCUT2D eigenvalue weighted by Gasteiger charge is 2.37. The fraction of sp³-hybridized carbons (Fsp3) is 0.100. The van der Waals surface area contributed by atoms with Crippen molar-refractivity contribution in [2.24, 2.45) is 0 Å². The first-order chi connectivity index (χ1) is 17.3. The maximum absolute atomic E-state index is 13.6. The maximum Gasteiger partial charge on any atom is 0.335 e. The second kappa shape index (κ2) is 9.55. The number of carbonyl (C=O) groups is 3. The summed E-state index contributed by atoms with van der Waals surface area (Å²) in [4.78, 5) is 40.4. The number of nitrogens with zero attached hydrogens (tertiary/aromatic N) is 1. The van der Waals surface area contributed by atoms with Gasteiger partial charge >= 0.3 is 6.03 Å². The molecule has 0 saturated carbocycles. The smallest absolute Gasteiger partial charge is 0.273 e. The number of hydrogen-bond acceptors (Lipinski definition) is 3. The fourth-order valence-corrected chi connectivity index (χ4v) is 4.92. The van der Waals surface area contributed by atoms with Crippen molar-refractivity contribution in [3.63, 3.8) is 0 Å². The van der Waals surface area contributed by atoms with E-state index in [0.717, 1.165) is 48.0 Å². The minimum atomic E-state index is -0.748. The molecule has 0 atom stereocenters. The molecule has 0 bridgehead atoms. The molecule has 0 aromatic heterocycles. The lowest BCUT2D eigenvalue weighted by atomic mass is 9.92. The summed E-state index contributed by atoms with van der Waals surface area (Å²) in [6, 6.07) is 24.7. The SMILES string of the molecule is Cc1ccc(C)c(N2C(=O)NC(=O)/C(=C\c3c(Cc4ccccc4Br)ccc4ccccc34)C2=O)c1. The van der Waals surface area contributed by atoms with Gasteiger partial charge in [-0.3, -0.25) is 14.9 Å². The van der Waals surface area contributed by atoms with Gasteiger partial charge in [0.05, 0.1) is 5.69 Å². The van der Waals surface area contributed by atoms with Gasteiger partial charge in [0.25, 0.3) is 11.8 Å². The Morgan fingerprint density at radius 3 is 2.42 bits per heavy atom. The van der Waals surface area contributed by atoms with Crippen molar-refractivity contribution in [1.29, 1.82) is 0 Å². The number of halogens is 1. The lowest BCUT2D eigenvalue weighted by Crippen LogP contribution is -2.54. The molecule has 6 heteroatoms. The van der Waals surface area contributed by atoms with Crippen LogP contribution >= 0.6 is 15.9 Å². The van der Waals surface area contributed by atoms with Crippen molar-refractivity contribution in [3.05, 3.63) is 117 Å². The molecule has 0 aliphatic carbocycles. The first-order valence-corrected chi connectivity index (χ1v) is 12.4. The van der Waals surface area contributed by atoms with Gasteiger partial charge < -0.3 is 0 Å². The summed E-state index contributed by atoms with van der Waals surface area (Å²) in [5.74, 6) is -1.34. The standard InChI is InChI=1S/C30H23BrN2O3/c1-18-11-12-19(2)27(15-18)33-29(35)25(28(34)32-30(33)36)17-24-21(16-22-8-4-6-10-26(22)31)14-13-20-7-3-5-9-23(20)24/h3-15,17H,16H2,1-2H3,(H,32,34,36)/b25-17+. The predicted molar refractivity (Wildman–Crippen MR) is 146 cm³/mol. The number of anilines is 1. The third-order valence-electron chi connectivity index (χ3n) is 6.40. The first kappa shape index (κ1) is 23.7. The molecule has 1 fully saturated rings. The topological polar surface area (TPSA) is 66.5 Å². The number of hydrogen-bond donors (Lipinski definition) is 1. The Kier molecular flexibility index (Phi) is 6.29. The molecular formula is C30H23BrN2O3. The predicted octanol–water partition coefficient (Wildman–Crippen LogP) is 6.48. The third-order valence-corrected chi connectivity index (χ3v) is 7.17. The second-order valence-corrected chi connectivity index (χ2v) is 9.73. The van der Waals surface area contributed by atoms with Crippen molar-refractivity contribution in [3.8, 4) is 0 Å². The number of carbonyl (C=O) groups excluding carboxylic acids is 3. The van der Waals surface area contributed by atoms with Gasteiger partial charge in [0.15, 0.2) is 0 Å². The van der Waals surface area contributed by atoms with Gasteiger partial charge in [-0.1, -0.05) is 82.7 Å². The first-order valence-electron chi connectivity index (χ1n) is 11.6. The van der Waals surface area contributed by atoms with Crippen LogP contribution in [0.15, 0.2) is 88.9 Å². The van der Waals surface area contributed by atoms with Gasteiger partial charge in [0, 0.05) is 4.47 Å². The minimum Gasteiger partial charge on any atom is -0.273 e. The monoisotopic (exact) mass is 538 g/mol. The van der Waals surface area contributed by atoms with Crippen molar-refractivity contribution in [1.82, 2.24) is 5.32 Å². The van der Waals surface area contributed by atoms with Crippen LogP contribution in [0, 0.1) is 13.8 Å². The zero-order chi connectivity index (χ0) is 25.4. The van der Waals surface area contributed by atoms with Gasteiger partial charge in [-0.15, -0.1) is 0 Å². The van der Waals surface area contributed by atoms with E-state index < -0.39 is 17.8 Å². The number of urea groups is 1. The number of benzene rings is 4. The van der Waals surface area contributed by atoms with E-state index >= 15 is 0 Å². The van der Waals surface area contributed by atoms with Crippen molar-refractivity contribution in [2.75, 3.05) is 4.90 Å². The molecule has 1 aliphatic heterocycles. The second-order valence-electron chi connectivity index (χ2n) is 8.88. The molecule has 0 spiro atoms. The van der Waals surface area contributed by atoms with E-state index in [1.165, 1.54) is 0 Å². The number of rotatable bonds is 4. The highest BCUT2D eigenvalue weighted by molar-refractivity contribution is 9.10. The Morgan fingerprint density at radius 2 is 1.61 bits per heavy atom. The largest absolute Gasteiger partial charge is 0.335 e. The zero-order valence-corrected chi connectivity index (χ0v) is 21.4. The highest BCUT2D eigenvalue weighted by atomic mass is 79.9. The van der Waals surface area contributed by atoms with Crippen molar-refractivity contribution in [2.45, 2.75) is 20.3 Å². The molecule has 4 amide bonds.